The third-order valence-electron chi connectivity index (χ3n) is 2.09. The Hall–Kier alpha value is -2.44. The Morgan fingerprint density at radius 3 is 2.59 bits per heavy atom. The van der Waals surface area contributed by atoms with Crippen LogP contribution in [0.2, 0.25) is 0 Å². The lowest BCUT2D eigenvalue weighted by molar-refractivity contribution is 0.102. The van der Waals surface area contributed by atoms with E-state index in [2.05, 4.69) is 20.7 Å². The van der Waals surface area contributed by atoms with Gasteiger partial charge in [0.1, 0.15) is 5.75 Å². The minimum Gasteiger partial charge on any atom is -0.497 e. The Labute approximate surface area is 97.4 Å². The van der Waals surface area contributed by atoms with Gasteiger partial charge in [0.05, 0.1) is 14.2 Å². The lowest BCUT2D eigenvalue weighted by atomic mass is 10.2. The molecular weight excluding hydrogens is 222 g/mol. The largest absolute Gasteiger partial charge is 0.497 e. The zero-order chi connectivity index (χ0) is 12.3. The number of nitrogens with zero attached hydrogens (tertiary/aromatic N) is 4. The zero-order valence-electron chi connectivity index (χ0n) is 9.41. The maximum atomic E-state index is 11.8. The van der Waals surface area contributed by atoms with Crippen LogP contribution in [0.5, 0.6) is 5.75 Å². The number of hydrogen-bond acceptors (Lipinski definition) is 5. The molecule has 1 heterocycles. The van der Waals surface area contributed by atoms with E-state index in [0.29, 0.717) is 11.3 Å². The van der Waals surface area contributed by atoms with E-state index in [0.717, 1.165) is 0 Å². The molecule has 0 bridgehead atoms. The van der Waals surface area contributed by atoms with Crippen LogP contribution in [0.1, 0.15) is 10.4 Å². The summed E-state index contributed by atoms with van der Waals surface area (Å²) in [4.78, 5) is 13.0. The van der Waals surface area contributed by atoms with Gasteiger partial charge in [-0.2, -0.15) is 4.80 Å². The minimum absolute atomic E-state index is 0.174. The lowest BCUT2D eigenvalue weighted by Crippen LogP contribution is -2.13. The summed E-state index contributed by atoms with van der Waals surface area (Å²) in [5.74, 6) is 0.577. The van der Waals surface area contributed by atoms with Crippen molar-refractivity contribution in [3.63, 3.8) is 0 Å². The van der Waals surface area contributed by atoms with Gasteiger partial charge in [0.25, 0.3) is 11.9 Å². The van der Waals surface area contributed by atoms with Gasteiger partial charge < -0.3 is 4.74 Å². The van der Waals surface area contributed by atoms with E-state index in [9.17, 15) is 4.79 Å². The van der Waals surface area contributed by atoms with Crippen LogP contribution in [-0.4, -0.2) is 33.2 Å². The molecule has 88 valence electrons. The summed E-state index contributed by atoms with van der Waals surface area (Å²) in [7, 11) is 3.19. The van der Waals surface area contributed by atoms with Crippen molar-refractivity contribution in [3.8, 4) is 5.75 Å². The normalized spacial score (nSPS) is 10.0. The van der Waals surface area contributed by atoms with Crippen LogP contribution in [0.15, 0.2) is 24.3 Å². The maximum Gasteiger partial charge on any atom is 0.270 e. The minimum atomic E-state index is -0.291. The number of carbonyl (C=O) groups excluding carboxylic acids is 1. The van der Waals surface area contributed by atoms with E-state index in [4.69, 9.17) is 4.74 Å². The van der Waals surface area contributed by atoms with Crippen LogP contribution in [-0.2, 0) is 7.05 Å². The van der Waals surface area contributed by atoms with E-state index >= 15 is 0 Å². The number of methoxy groups -OCH3 is 1. The Balaban J connectivity index is 2.09. The summed E-state index contributed by atoms with van der Waals surface area (Å²) in [6.45, 7) is 0. The number of nitrogens with one attached hydrogen (secondary N) is 1. The molecule has 1 amide bonds. The molecule has 1 aromatic heterocycles. The second-order valence-corrected chi connectivity index (χ2v) is 3.29. The summed E-state index contributed by atoms with van der Waals surface area (Å²) < 4.78 is 5.00. The average Bonchev–Trinajstić information content (AvgIpc) is 2.75. The van der Waals surface area contributed by atoms with Gasteiger partial charge in [-0.1, -0.05) is 5.10 Å². The molecule has 0 fully saturated rings. The predicted molar refractivity (Wildman–Crippen MR) is 59.7 cm³/mol. The molecule has 7 nitrogen and oxygen atoms in total. The van der Waals surface area contributed by atoms with E-state index in [1.54, 1.807) is 38.4 Å². The van der Waals surface area contributed by atoms with Crippen molar-refractivity contribution in [3.05, 3.63) is 29.8 Å². The molecule has 17 heavy (non-hydrogen) atoms. The highest BCUT2D eigenvalue weighted by Crippen LogP contribution is 2.11. The lowest BCUT2D eigenvalue weighted by Gasteiger charge is -2.02. The zero-order valence-corrected chi connectivity index (χ0v) is 9.41. The van der Waals surface area contributed by atoms with Crippen molar-refractivity contribution in [2.45, 2.75) is 0 Å². The first kappa shape index (κ1) is 11.1. The first-order valence-corrected chi connectivity index (χ1v) is 4.88. The summed E-state index contributed by atoms with van der Waals surface area (Å²) in [5, 5.41) is 13.7. The molecule has 0 aliphatic carbocycles. The monoisotopic (exact) mass is 233 g/mol. The van der Waals surface area contributed by atoms with Crippen molar-refractivity contribution in [1.82, 2.24) is 20.2 Å². The number of anilines is 1. The Morgan fingerprint density at radius 2 is 2.06 bits per heavy atom. The molecule has 2 rings (SSSR count). The van der Waals surface area contributed by atoms with Gasteiger partial charge in [0.2, 0.25) is 0 Å². The second kappa shape index (κ2) is 4.60. The highest BCUT2D eigenvalue weighted by Gasteiger charge is 2.08. The molecule has 0 unspecified atom stereocenters. The Morgan fingerprint density at radius 1 is 1.35 bits per heavy atom. The van der Waals surface area contributed by atoms with Crippen molar-refractivity contribution in [2.24, 2.45) is 7.05 Å². The fraction of sp³-hybridized carbons (Fsp3) is 0.200. The molecule has 0 saturated heterocycles. The molecule has 7 heteroatoms. The van der Waals surface area contributed by atoms with Gasteiger partial charge in [-0.3, -0.25) is 10.1 Å². The van der Waals surface area contributed by atoms with Crippen LogP contribution in [0, 0.1) is 0 Å². The molecular formula is C10H11N5O2. The number of hydrogen-bond donors (Lipinski definition) is 1. The summed E-state index contributed by atoms with van der Waals surface area (Å²) in [6.07, 6.45) is 0. The number of tetrazole rings is 1. The summed E-state index contributed by atoms with van der Waals surface area (Å²) >= 11 is 0. The van der Waals surface area contributed by atoms with Crippen LogP contribution < -0.4 is 10.1 Å². The third kappa shape index (κ3) is 2.57. The summed E-state index contributed by atoms with van der Waals surface area (Å²) in [6, 6.07) is 6.73. The summed E-state index contributed by atoms with van der Waals surface area (Å²) in [5.41, 5.74) is 0.498. The highest BCUT2D eigenvalue weighted by atomic mass is 16.5. The molecule has 1 N–H and O–H groups in total. The number of ether oxygens (including phenoxy) is 1. The quantitative estimate of drug-likeness (QED) is 0.833. The first-order valence-electron chi connectivity index (χ1n) is 4.88. The number of benzene rings is 1. The molecule has 0 aliphatic rings. The van der Waals surface area contributed by atoms with Crippen LogP contribution in [0.25, 0.3) is 0 Å². The standard InChI is InChI=1S/C10H11N5O2/c1-15-13-10(12-14-15)11-9(16)7-3-5-8(17-2)6-4-7/h3-6H,1-2H3,(H,11,13,16). The van der Waals surface area contributed by atoms with Crippen molar-refractivity contribution < 1.29 is 9.53 Å². The fourth-order valence-electron chi connectivity index (χ4n) is 1.25. The Kier molecular flexibility index (Phi) is 2.99. The van der Waals surface area contributed by atoms with Crippen LogP contribution in [0.4, 0.5) is 5.95 Å². The van der Waals surface area contributed by atoms with Gasteiger partial charge in [-0.25, -0.2) is 0 Å². The van der Waals surface area contributed by atoms with Crippen molar-refractivity contribution in [2.75, 3.05) is 12.4 Å². The number of aryl methyl sites for hydroxylation is 1. The van der Waals surface area contributed by atoms with E-state index in [1.165, 1.54) is 4.80 Å². The molecule has 2 aromatic rings. The van der Waals surface area contributed by atoms with E-state index in [1.807, 2.05) is 0 Å². The number of amides is 1. The SMILES string of the molecule is COc1ccc(C(=O)Nc2nnn(C)n2)cc1. The fourth-order valence-corrected chi connectivity index (χ4v) is 1.25. The van der Waals surface area contributed by atoms with Gasteiger partial charge in [-0.15, -0.1) is 5.10 Å². The average molecular weight is 233 g/mol. The third-order valence-corrected chi connectivity index (χ3v) is 2.09. The molecule has 1 aromatic carbocycles. The Bertz CT molecular complexity index is 520. The van der Waals surface area contributed by atoms with Gasteiger partial charge >= 0.3 is 0 Å². The molecule has 0 saturated carbocycles. The molecule has 0 aliphatic heterocycles. The van der Waals surface area contributed by atoms with Crippen molar-refractivity contribution >= 4 is 11.9 Å². The van der Waals surface area contributed by atoms with Gasteiger partial charge in [-0.05, 0) is 29.5 Å². The first-order chi connectivity index (χ1) is 8.19. The molecule has 0 spiro atoms. The highest BCUT2D eigenvalue weighted by molar-refractivity contribution is 6.03. The van der Waals surface area contributed by atoms with Crippen LogP contribution >= 0.6 is 0 Å². The number of rotatable bonds is 3. The molecule has 0 radical (unpaired) electrons. The van der Waals surface area contributed by atoms with E-state index < -0.39 is 0 Å². The number of carbonyl (C=O) groups is 1. The van der Waals surface area contributed by atoms with Crippen LogP contribution in [0.3, 0.4) is 0 Å². The van der Waals surface area contributed by atoms with Gasteiger partial charge in [0, 0.05) is 5.56 Å². The topological polar surface area (TPSA) is 81.9 Å². The molecule has 0 atom stereocenters. The van der Waals surface area contributed by atoms with Gasteiger partial charge in [0.15, 0.2) is 0 Å². The number of aromatic nitrogens is 4. The van der Waals surface area contributed by atoms with Crippen molar-refractivity contribution in [1.29, 1.82) is 0 Å². The second-order valence-electron chi connectivity index (χ2n) is 3.29. The maximum absolute atomic E-state index is 11.8. The smallest absolute Gasteiger partial charge is 0.270 e. The van der Waals surface area contributed by atoms with E-state index in [-0.39, 0.29) is 11.9 Å². The predicted octanol–water partition coefficient (Wildman–Crippen LogP) is 0.471.